The second-order valence-electron chi connectivity index (χ2n) is 19.7. The molecule has 0 radical (unpaired) electrons. The highest BCUT2D eigenvalue weighted by Crippen LogP contribution is 2.57. The maximum Gasteiger partial charge on any atom is 0.453 e. The van der Waals surface area contributed by atoms with Crippen LogP contribution in [0.3, 0.4) is 0 Å². The van der Waals surface area contributed by atoms with Crippen LogP contribution in [0.1, 0.15) is 149 Å². The molecule has 1 atom stereocenters. The zero-order chi connectivity index (χ0) is 52.6. The lowest BCUT2D eigenvalue weighted by Gasteiger charge is -2.35. The third-order valence-electron chi connectivity index (χ3n) is 14.1. The van der Waals surface area contributed by atoms with Crippen LogP contribution in [0.2, 0.25) is 0 Å². The molecular weight excluding hydrogens is 1310 g/mol. The van der Waals surface area contributed by atoms with Gasteiger partial charge in [-0.2, -0.15) is 0 Å². The zero-order valence-corrected chi connectivity index (χ0v) is 52.4. The van der Waals surface area contributed by atoms with Crippen LogP contribution in [0.5, 0.6) is 17.2 Å². The lowest BCUT2D eigenvalue weighted by atomic mass is 9.94. The van der Waals surface area contributed by atoms with Gasteiger partial charge in [0.2, 0.25) is 0 Å². The summed E-state index contributed by atoms with van der Waals surface area (Å²) in [7, 11) is -4.13. The number of anilines is 1. The number of benzene rings is 7. The summed E-state index contributed by atoms with van der Waals surface area (Å²) in [5.74, 6) is 1.68. The van der Waals surface area contributed by atoms with E-state index in [4.69, 9.17) is 22.0 Å². The van der Waals surface area contributed by atoms with Crippen molar-refractivity contribution in [2.75, 3.05) is 4.67 Å². The van der Waals surface area contributed by atoms with Crippen LogP contribution in [0, 0.1) is 10.7 Å². The molecule has 0 saturated carbocycles. The highest BCUT2D eigenvalue weighted by molar-refractivity contribution is 14.1. The molecule has 75 heavy (non-hydrogen) atoms. The molecule has 392 valence electrons. The Morgan fingerprint density at radius 2 is 1.03 bits per heavy atom. The predicted molar refractivity (Wildman–Crippen MR) is 340 cm³/mol. The van der Waals surface area contributed by atoms with Gasteiger partial charge < -0.3 is 22.0 Å². The number of amides is 1. The molecule has 1 amide bonds. The van der Waals surface area contributed by atoms with Crippen LogP contribution >= 0.6 is 84.5 Å². The molecule has 0 spiro atoms. The van der Waals surface area contributed by atoms with Gasteiger partial charge in [-0.1, -0.05) is 128 Å². The minimum atomic E-state index is -2.08. The van der Waals surface area contributed by atoms with Crippen LogP contribution in [0.4, 0.5) is 5.69 Å². The zero-order valence-electron chi connectivity index (χ0n) is 44.1. The minimum absolute atomic E-state index is 0.158. The Balaban J connectivity index is 1.27. The molecule has 0 bridgehead atoms. The van der Waals surface area contributed by atoms with Crippen LogP contribution in [0.25, 0.3) is 43.8 Å². The summed E-state index contributed by atoms with van der Waals surface area (Å²) in [6.07, 6.45) is 16.1. The standard InChI is InChI=1S/C63H68I3NO6P2/c1-7-13-22-41-31-46(24-15-9-3)59-51(33-41)52-34-42(23-14-8-2)32-47(25-16-10-4)60(52)72-75(71-59)73-61-48(26-17-11-5)35-49(64)38-53(61)54-39-50(65)40-56(66)62(54)70-74-67(57-30-21-20-27-43(57)12-6)63(68)55-36-44-28-18-19-29-45(44)37-58(55)69-74/h18-21,27-40H,7-17,22-26H2,1-6H3. The van der Waals surface area contributed by atoms with Crippen molar-refractivity contribution < 1.29 is 26.8 Å². The van der Waals surface area contributed by atoms with Gasteiger partial charge in [-0.3, -0.25) is 4.79 Å². The van der Waals surface area contributed by atoms with E-state index < -0.39 is 16.8 Å². The quantitative estimate of drug-likeness (QED) is 0.0497. The molecule has 0 saturated heterocycles. The summed E-state index contributed by atoms with van der Waals surface area (Å²) >= 11 is 7.23. The van der Waals surface area contributed by atoms with Gasteiger partial charge in [-0.05, 0) is 237 Å². The lowest BCUT2D eigenvalue weighted by Crippen LogP contribution is -2.34. The van der Waals surface area contributed by atoms with Crippen LogP contribution in [-0.4, -0.2) is 5.91 Å². The van der Waals surface area contributed by atoms with Crippen molar-refractivity contribution in [1.82, 2.24) is 0 Å². The van der Waals surface area contributed by atoms with E-state index in [1.165, 1.54) is 22.3 Å². The Hall–Kier alpha value is -3.81. The largest absolute Gasteiger partial charge is 0.453 e. The molecule has 12 heteroatoms. The molecule has 0 aliphatic carbocycles. The summed E-state index contributed by atoms with van der Waals surface area (Å²) in [5.41, 5.74) is 12.0. The molecule has 9 rings (SSSR count). The fourth-order valence-electron chi connectivity index (χ4n) is 10.1. The van der Waals surface area contributed by atoms with Crippen LogP contribution < -0.4 is 18.2 Å². The number of fused-ring (bicyclic) bond motifs is 5. The Kier molecular flexibility index (Phi) is 19.6. The first-order valence-corrected chi connectivity index (χ1v) is 32.6. The Morgan fingerprint density at radius 1 is 0.507 bits per heavy atom. The molecule has 7 nitrogen and oxygen atoms in total. The Morgan fingerprint density at radius 3 is 1.61 bits per heavy atom. The maximum absolute atomic E-state index is 15.1. The average molecular weight is 1380 g/mol. The van der Waals surface area contributed by atoms with Crippen molar-refractivity contribution in [3.63, 3.8) is 0 Å². The second-order valence-corrected chi connectivity index (χ2v) is 25.6. The topological polar surface area (TPSA) is 74.3 Å². The summed E-state index contributed by atoms with van der Waals surface area (Å²) in [6, 6.07) is 38.4. The summed E-state index contributed by atoms with van der Waals surface area (Å²) in [6.45, 7) is 13.4. The molecule has 1 unspecified atom stereocenters. The van der Waals surface area contributed by atoms with Crippen LogP contribution in [0.15, 0.2) is 118 Å². The number of hydrogen-bond donors (Lipinski definition) is 0. The lowest BCUT2D eigenvalue weighted by molar-refractivity contribution is 0.0995. The van der Waals surface area contributed by atoms with Gasteiger partial charge >= 0.3 is 16.8 Å². The van der Waals surface area contributed by atoms with Gasteiger partial charge in [0.15, 0.2) is 5.75 Å². The maximum atomic E-state index is 15.1. The molecule has 7 aromatic carbocycles. The summed E-state index contributed by atoms with van der Waals surface area (Å²) in [5, 5.41) is 4.19. The van der Waals surface area contributed by atoms with Crippen molar-refractivity contribution in [3.8, 4) is 28.4 Å². The van der Waals surface area contributed by atoms with Crippen LogP contribution in [-0.2, 0) is 38.5 Å². The van der Waals surface area contributed by atoms with Gasteiger partial charge in [0.25, 0.3) is 5.91 Å². The summed E-state index contributed by atoms with van der Waals surface area (Å²) < 4.78 is 41.4. The molecular formula is C63H68I3NO6P2. The number of carbonyl (C=O) groups is 1. The molecule has 1 aliphatic rings. The minimum Gasteiger partial charge on any atom is -0.422 e. The van der Waals surface area contributed by atoms with Crippen molar-refractivity contribution in [1.29, 1.82) is 0 Å². The normalized spacial score (nSPS) is 13.4. The number of aryl methyl sites for hydroxylation is 6. The first-order chi connectivity index (χ1) is 36.5. The highest BCUT2D eigenvalue weighted by Gasteiger charge is 2.41. The Labute approximate surface area is 487 Å². The molecule has 1 aliphatic heterocycles. The number of rotatable bonds is 22. The smallest absolute Gasteiger partial charge is 0.422 e. The number of unbranched alkanes of at least 4 members (excludes halogenated alkanes) is 5. The van der Waals surface area contributed by atoms with Crippen molar-refractivity contribution in [2.24, 2.45) is 0 Å². The van der Waals surface area contributed by atoms with E-state index in [9.17, 15) is 0 Å². The van der Waals surface area contributed by atoms with Crippen molar-refractivity contribution in [3.05, 3.63) is 159 Å². The third-order valence-corrected chi connectivity index (χ3v) is 18.5. The average Bonchev–Trinajstić information content (AvgIpc) is 3.57. The Bertz CT molecular complexity index is 3310. The fourth-order valence-corrected chi connectivity index (χ4v) is 15.6. The summed E-state index contributed by atoms with van der Waals surface area (Å²) in [4.78, 5) is 15.1. The monoisotopic (exact) mass is 1380 g/mol. The van der Waals surface area contributed by atoms with E-state index in [0.717, 1.165) is 174 Å². The van der Waals surface area contributed by atoms with E-state index in [-0.39, 0.29) is 5.91 Å². The van der Waals surface area contributed by atoms with E-state index in [2.05, 4.69) is 164 Å². The number of carbonyl (C=O) groups excluding carboxylic acids is 1. The molecule has 1 aromatic heterocycles. The second kappa shape index (κ2) is 26.2. The van der Waals surface area contributed by atoms with E-state index >= 15 is 4.79 Å². The van der Waals surface area contributed by atoms with Gasteiger partial charge in [0.05, 0.1) is 14.8 Å². The number of para-hydroxylation sites is 1. The SMILES string of the molecule is CCCCc1cc(CCCC)c2op(Oc3c(CCCC)cc(I)cc3-c3cc(I)cc(I)c3OP3Oc4cc5ccccc5cc4C(=O)N3c3ccccc3CC)oc3c(CCCC)cc(CCCC)cc3c2c1. The van der Waals surface area contributed by atoms with Gasteiger partial charge in [-0.25, -0.2) is 4.67 Å². The number of nitrogens with zero attached hydrogens (tertiary/aromatic N) is 1. The van der Waals surface area contributed by atoms with Crippen molar-refractivity contribution in [2.45, 2.75) is 144 Å². The fraction of sp³-hybridized carbons (Fsp3) is 0.349. The molecule has 2 heterocycles. The number of hydrogen-bond acceptors (Lipinski definition) is 6. The molecule has 0 fully saturated rings. The molecule has 8 aromatic rings. The first-order valence-electron chi connectivity index (χ1n) is 27.1. The molecule has 0 N–H and O–H groups in total. The van der Waals surface area contributed by atoms with E-state index in [1.807, 2.05) is 54.6 Å². The van der Waals surface area contributed by atoms with Crippen molar-refractivity contribution >= 4 is 129 Å². The predicted octanol–water partition coefficient (Wildman–Crippen LogP) is 21.4. The van der Waals surface area contributed by atoms with Gasteiger partial charge in [0, 0.05) is 29.0 Å². The highest BCUT2D eigenvalue weighted by atomic mass is 127. The first kappa shape index (κ1) is 55.9. The van der Waals surface area contributed by atoms with E-state index in [0.29, 0.717) is 22.8 Å². The van der Waals surface area contributed by atoms with E-state index in [1.54, 1.807) is 4.67 Å². The number of halogens is 3. The van der Waals surface area contributed by atoms with Gasteiger partial charge in [-0.15, -0.1) is 0 Å². The third kappa shape index (κ3) is 12.7. The van der Waals surface area contributed by atoms with Gasteiger partial charge in [0.1, 0.15) is 22.7 Å².